The maximum atomic E-state index is 12.4. The minimum atomic E-state index is -0.444. The normalized spacial score (nSPS) is 10.8. The van der Waals surface area contributed by atoms with E-state index in [2.05, 4.69) is 15.2 Å². The third kappa shape index (κ3) is 3.59. The van der Waals surface area contributed by atoms with E-state index >= 15 is 0 Å². The lowest BCUT2D eigenvalue weighted by Gasteiger charge is -2.07. The number of ether oxygens (including phenoxy) is 1. The van der Waals surface area contributed by atoms with Crippen LogP contribution in [0.25, 0.3) is 22.4 Å². The van der Waals surface area contributed by atoms with Crippen LogP contribution >= 0.6 is 0 Å². The van der Waals surface area contributed by atoms with Gasteiger partial charge in [0.2, 0.25) is 12.3 Å². The van der Waals surface area contributed by atoms with Crippen LogP contribution in [0.15, 0.2) is 70.5 Å². The molecule has 8 nitrogen and oxygen atoms in total. The minimum absolute atomic E-state index is 0.0470. The molecule has 8 heteroatoms. The average Bonchev–Trinajstić information content (AvgIpc) is 3.23. The van der Waals surface area contributed by atoms with Crippen LogP contribution in [0.1, 0.15) is 6.42 Å². The van der Waals surface area contributed by atoms with Gasteiger partial charge in [-0.05, 0) is 36.4 Å². The van der Waals surface area contributed by atoms with Gasteiger partial charge in [-0.1, -0.05) is 12.1 Å². The first kappa shape index (κ1) is 16.6. The molecule has 0 saturated heterocycles. The van der Waals surface area contributed by atoms with E-state index in [-0.39, 0.29) is 18.5 Å². The molecule has 2 aromatic heterocycles. The van der Waals surface area contributed by atoms with E-state index in [4.69, 9.17) is 9.15 Å². The summed E-state index contributed by atoms with van der Waals surface area (Å²) < 4.78 is 11.8. The van der Waals surface area contributed by atoms with Crippen molar-refractivity contribution in [3.63, 3.8) is 0 Å². The molecular weight excluding hydrogens is 348 g/mol. The number of rotatable bonds is 5. The summed E-state index contributed by atoms with van der Waals surface area (Å²) in [5.74, 6) is 0.337. The van der Waals surface area contributed by atoms with Crippen molar-refractivity contribution >= 4 is 16.9 Å². The lowest BCUT2D eigenvalue weighted by molar-refractivity contribution is -0.134. The molecule has 0 bridgehead atoms. The van der Waals surface area contributed by atoms with Crippen molar-refractivity contribution in [2.24, 2.45) is 0 Å². The first-order valence-corrected chi connectivity index (χ1v) is 8.22. The van der Waals surface area contributed by atoms with E-state index in [0.29, 0.717) is 22.5 Å². The number of nitrogens with zero attached hydrogens (tertiary/aromatic N) is 4. The summed E-state index contributed by atoms with van der Waals surface area (Å²) in [5.41, 5.74) is 1.17. The molecule has 0 unspecified atom stereocenters. The van der Waals surface area contributed by atoms with Crippen LogP contribution in [0.4, 0.5) is 0 Å². The molecule has 4 aromatic rings. The summed E-state index contributed by atoms with van der Waals surface area (Å²) in [6.45, 7) is 0.190. The van der Waals surface area contributed by atoms with Gasteiger partial charge in [0.1, 0.15) is 5.75 Å². The van der Waals surface area contributed by atoms with Gasteiger partial charge < -0.3 is 9.15 Å². The average molecular weight is 362 g/mol. The smallest absolute Gasteiger partial charge is 0.312 e. The fraction of sp³-hybridized carbons (Fsp3) is 0.105. The zero-order chi connectivity index (χ0) is 18.6. The highest BCUT2D eigenvalue weighted by Crippen LogP contribution is 2.20. The quantitative estimate of drug-likeness (QED) is 0.397. The molecule has 27 heavy (non-hydrogen) atoms. The Morgan fingerprint density at radius 1 is 1.11 bits per heavy atom. The number of fused-ring (bicyclic) bond motifs is 1. The van der Waals surface area contributed by atoms with Gasteiger partial charge in [-0.15, -0.1) is 10.2 Å². The van der Waals surface area contributed by atoms with Gasteiger partial charge >= 0.3 is 5.97 Å². The van der Waals surface area contributed by atoms with Crippen molar-refractivity contribution < 1.29 is 13.9 Å². The number of hydrogen-bond donors (Lipinski definition) is 0. The van der Waals surface area contributed by atoms with E-state index in [1.54, 1.807) is 42.5 Å². The standard InChI is InChI=1S/C19H14N4O4/c24-17(27-14-7-5-13(6-8-14)18-22-21-12-26-18)9-10-23-11-20-16-4-2-1-3-15(16)19(23)25/h1-8,11-12H,9-10H2. The van der Waals surface area contributed by atoms with Crippen molar-refractivity contribution in [1.82, 2.24) is 19.7 Å². The molecule has 0 spiro atoms. The number of esters is 1. The zero-order valence-corrected chi connectivity index (χ0v) is 14.1. The lowest BCUT2D eigenvalue weighted by atomic mass is 10.2. The molecule has 0 fully saturated rings. The fourth-order valence-corrected chi connectivity index (χ4v) is 2.62. The van der Waals surface area contributed by atoms with Gasteiger partial charge in [0, 0.05) is 12.1 Å². The third-order valence-corrected chi connectivity index (χ3v) is 3.98. The molecule has 134 valence electrons. The highest BCUT2D eigenvalue weighted by molar-refractivity contribution is 5.77. The second kappa shape index (κ2) is 7.20. The third-order valence-electron chi connectivity index (χ3n) is 3.98. The lowest BCUT2D eigenvalue weighted by Crippen LogP contribution is -2.23. The van der Waals surface area contributed by atoms with Gasteiger partial charge in [0.15, 0.2) is 0 Å². The summed E-state index contributed by atoms with van der Waals surface area (Å²) in [4.78, 5) is 28.7. The molecule has 0 atom stereocenters. The highest BCUT2D eigenvalue weighted by Gasteiger charge is 2.09. The van der Waals surface area contributed by atoms with Gasteiger partial charge in [0.25, 0.3) is 5.56 Å². The molecule has 0 aliphatic rings. The van der Waals surface area contributed by atoms with Gasteiger partial charge in [-0.2, -0.15) is 0 Å². The van der Waals surface area contributed by atoms with Crippen LogP contribution in [0, 0.1) is 0 Å². The number of benzene rings is 2. The van der Waals surface area contributed by atoms with Crippen LogP contribution in [-0.4, -0.2) is 25.7 Å². The Balaban J connectivity index is 1.40. The van der Waals surface area contributed by atoms with Crippen molar-refractivity contribution in [3.8, 4) is 17.2 Å². The Bertz CT molecular complexity index is 1130. The number of para-hydroxylation sites is 1. The SMILES string of the molecule is O=C(CCn1cnc2ccccc2c1=O)Oc1ccc(-c2nnco2)cc1. The second-order valence-electron chi connectivity index (χ2n) is 5.75. The molecule has 4 rings (SSSR count). The van der Waals surface area contributed by atoms with Crippen molar-refractivity contribution in [2.75, 3.05) is 0 Å². The van der Waals surface area contributed by atoms with E-state index < -0.39 is 5.97 Å². The minimum Gasteiger partial charge on any atom is -0.426 e. The molecule has 0 N–H and O–H groups in total. The topological polar surface area (TPSA) is 100 Å². The molecule has 0 aliphatic carbocycles. The van der Waals surface area contributed by atoms with Gasteiger partial charge in [-0.25, -0.2) is 4.98 Å². The zero-order valence-electron chi connectivity index (χ0n) is 14.1. The van der Waals surface area contributed by atoms with Crippen LogP contribution in [0.5, 0.6) is 5.75 Å². The maximum Gasteiger partial charge on any atom is 0.312 e. The molecule has 0 amide bonds. The second-order valence-corrected chi connectivity index (χ2v) is 5.75. The largest absolute Gasteiger partial charge is 0.426 e. The maximum absolute atomic E-state index is 12.4. The Kier molecular flexibility index (Phi) is 4.44. The Morgan fingerprint density at radius 3 is 2.70 bits per heavy atom. The van der Waals surface area contributed by atoms with Crippen LogP contribution < -0.4 is 10.3 Å². The Labute approximate surface area is 153 Å². The fourth-order valence-electron chi connectivity index (χ4n) is 2.62. The van der Waals surface area contributed by atoms with E-state index in [1.807, 2.05) is 6.07 Å². The predicted molar refractivity (Wildman–Crippen MR) is 96.0 cm³/mol. The molecular formula is C19H14N4O4. The molecule has 2 aromatic carbocycles. The van der Waals surface area contributed by atoms with E-state index in [0.717, 1.165) is 5.56 Å². The van der Waals surface area contributed by atoms with Crippen LogP contribution in [0.3, 0.4) is 0 Å². The summed E-state index contributed by atoms with van der Waals surface area (Å²) >= 11 is 0. The van der Waals surface area contributed by atoms with Gasteiger partial charge in [-0.3, -0.25) is 14.2 Å². The first-order valence-electron chi connectivity index (χ1n) is 8.22. The van der Waals surface area contributed by atoms with Crippen LogP contribution in [0.2, 0.25) is 0 Å². The number of aryl methyl sites for hydroxylation is 1. The molecule has 0 radical (unpaired) electrons. The summed E-state index contributed by atoms with van der Waals surface area (Å²) in [6.07, 6.45) is 2.73. The van der Waals surface area contributed by atoms with Crippen molar-refractivity contribution in [1.29, 1.82) is 0 Å². The first-order chi connectivity index (χ1) is 13.2. The predicted octanol–water partition coefficient (Wildman–Crippen LogP) is 2.44. The van der Waals surface area contributed by atoms with Crippen molar-refractivity contribution in [3.05, 3.63) is 71.6 Å². The van der Waals surface area contributed by atoms with Crippen LogP contribution in [-0.2, 0) is 11.3 Å². The highest BCUT2D eigenvalue weighted by atomic mass is 16.5. The monoisotopic (exact) mass is 362 g/mol. The Morgan fingerprint density at radius 2 is 1.93 bits per heavy atom. The summed E-state index contributed by atoms with van der Waals surface area (Å²) in [5, 5.41) is 7.94. The summed E-state index contributed by atoms with van der Waals surface area (Å²) in [6, 6.07) is 13.8. The Hall–Kier alpha value is -3.81. The number of aromatic nitrogens is 4. The number of carbonyl (C=O) groups is 1. The number of carbonyl (C=O) groups excluding carboxylic acids is 1. The summed E-state index contributed by atoms with van der Waals surface area (Å²) in [7, 11) is 0. The van der Waals surface area contributed by atoms with Crippen molar-refractivity contribution in [2.45, 2.75) is 13.0 Å². The molecule has 0 saturated carbocycles. The van der Waals surface area contributed by atoms with Gasteiger partial charge in [0.05, 0.1) is 23.7 Å². The molecule has 0 aliphatic heterocycles. The van der Waals surface area contributed by atoms with E-state index in [9.17, 15) is 9.59 Å². The van der Waals surface area contributed by atoms with E-state index in [1.165, 1.54) is 17.3 Å². The molecule has 2 heterocycles. The number of hydrogen-bond acceptors (Lipinski definition) is 7.